The predicted molar refractivity (Wildman–Crippen MR) is 74.5 cm³/mol. The van der Waals surface area contributed by atoms with E-state index in [1.165, 1.54) is 0 Å². The van der Waals surface area contributed by atoms with Crippen LogP contribution < -0.4 is 5.32 Å². The van der Waals surface area contributed by atoms with Gasteiger partial charge in [0, 0.05) is 36.8 Å². The fourth-order valence-electron chi connectivity index (χ4n) is 1.42. The van der Waals surface area contributed by atoms with Crippen molar-refractivity contribution < 1.29 is 9.84 Å². The minimum Gasteiger partial charge on any atom is -0.388 e. The lowest BCUT2D eigenvalue weighted by molar-refractivity contribution is 0.0357. The van der Waals surface area contributed by atoms with Gasteiger partial charge in [0.2, 0.25) is 0 Å². The van der Waals surface area contributed by atoms with Crippen LogP contribution in [0, 0.1) is 11.3 Å². The van der Waals surface area contributed by atoms with Crippen molar-refractivity contribution in [2.45, 2.75) is 18.9 Å². The summed E-state index contributed by atoms with van der Waals surface area (Å²) >= 11 is 3.32. The molecule has 98 valence electrons. The number of aliphatic hydroxyl groups is 1. The van der Waals surface area contributed by atoms with Crippen LogP contribution >= 0.6 is 15.9 Å². The van der Waals surface area contributed by atoms with Crippen molar-refractivity contribution in [1.82, 2.24) is 0 Å². The van der Waals surface area contributed by atoms with Crippen LogP contribution in [0.1, 0.15) is 18.9 Å². The van der Waals surface area contributed by atoms with Gasteiger partial charge in [-0.3, -0.25) is 0 Å². The quantitative estimate of drug-likeness (QED) is 0.847. The van der Waals surface area contributed by atoms with E-state index in [2.05, 4.69) is 27.3 Å². The molecule has 0 saturated heterocycles. The van der Waals surface area contributed by atoms with Gasteiger partial charge >= 0.3 is 0 Å². The van der Waals surface area contributed by atoms with E-state index in [4.69, 9.17) is 10.00 Å². The van der Waals surface area contributed by atoms with Gasteiger partial charge in [0.1, 0.15) is 6.07 Å². The zero-order chi connectivity index (χ0) is 13.6. The van der Waals surface area contributed by atoms with Crippen molar-refractivity contribution in [3.8, 4) is 6.07 Å². The molecule has 0 aliphatic heterocycles. The number of ether oxygens (including phenoxy) is 1. The minimum atomic E-state index is -0.823. The summed E-state index contributed by atoms with van der Waals surface area (Å²) in [7, 11) is 1.61. The minimum absolute atomic E-state index is 0.425. The zero-order valence-electron chi connectivity index (χ0n) is 10.5. The Balaban J connectivity index is 2.58. The number of nitrogens with zero attached hydrogens (tertiary/aromatic N) is 1. The Labute approximate surface area is 116 Å². The molecule has 0 amide bonds. The molecule has 5 heteroatoms. The summed E-state index contributed by atoms with van der Waals surface area (Å²) in [5.41, 5.74) is 0.626. The molecule has 2 N–H and O–H groups in total. The average molecular weight is 313 g/mol. The molecule has 0 spiro atoms. The maximum absolute atomic E-state index is 10.1. The first-order valence-electron chi connectivity index (χ1n) is 5.63. The van der Waals surface area contributed by atoms with Gasteiger partial charge in [0.05, 0.1) is 11.2 Å². The number of nitriles is 1. The highest BCUT2D eigenvalue weighted by atomic mass is 79.9. The molecule has 0 aliphatic carbocycles. The van der Waals surface area contributed by atoms with Crippen molar-refractivity contribution in [3.05, 3.63) is 28.2 Å². The monoisotopic (exact) mass is 312 g/mol. The van der Waals surface area contributed by atoms with Gasteiger partial charge in [-0.25, -0.2) is 0 Å². The number of methoxy groups -OCH3 is 1. The second-order valence-corrected chi connectivity index (χ2v) is 5.25. The molecular formula is C13H17BrN2O2. The number of halogens is 1. The molecule has 0 bridgehead atoms. The first-order chi connectivity index (χ1) is 8.48. The maximum Gasteiger partial charge on any atom is 0.100 e. The molecule has 1 atom stereocenters. The molecule has 1 aromatic carbocycles. The SMILES string of the molecule is COCCC(C)(O)CNc1ccc(C#N)c(Br)c1. The standard InChI is InChI=1S/C13H17BrN2O2/c1-13(17,5-6-18-2)9-16-11-4-3-10(8-15)12(14)7-11/h3-4,7,16-17H,5-6,9H2,1-2H3. The number of nitrogens with one attached hydrogen (secondary N) is 1. The smallest absolute Gasteiger partial charge is 0.100 e. The van der Waals surface area contributed by atoms with Crippen molar-refractivity contribution in [2.75, 3.05) is 25.6 Å². The lowest BCUT2D eigenvalue weighted by atomic mass is 10.0. The first-order valence-corrected chi connectivity index (χ1v) is 6.42. The fraction of sp³-hybridized carbons (Fsp3) is 0.462. The van der Waals surface area contributed by atoms with Gasteiger partial charge in [0.15, 0.2) is 0 Å². The third-order valence-corrected chi connectivity index (χ3v) is 3.26. The molecule has 0 radical (unpaired) electrons. The Morgan fingerprint density at radius 1 is 1.56 bits per heavy atom. The third-order valence-electron chi connectivity index (χ3n) is 2.61. The van der Waals surface area contributed by atoms with Crippen LogP contribution in [0.3, 0.4) is 0 Å². The van der Waals surface area contributed by atoms with E-state index in [0.29, 0.717) is 25.1 Å². The van der Waals surface area contributed by atoms with E-state index in [1.807, 2.05) is 12.1 Å². The largest absolute Gasteiger partial charge is 0.388 e. The normalized spacial score (nSPS) is 13.7. The van der Waals surface area contributed by atoms with Gasteiger partial charge in [0.25, 0.3) is 0 Å². The Morgan fingerprint density at radius 2 is 2.28 bits per heavy atom. The Bertz CT molecular complexity index is 441. The second kappa shape index (κ2) is 6.74. The van der Waals surface area contributed by atoms with E-state index >= 15 is 0 Å². The van der Waals surface area contributed by atoms with Gasteiger partial charge < -0.3 is 15.2 Å². The molecule has 1 rings (SSSR count). The molecule has 1 aromatic rings. The lowest BCUT2D eigenvalue weighted by Gasteiger charge is -2.24. The van der Waals surface area contributed by atoms with E-state index < -0.39 is 5.60 Å². The van der Waals surface area contributed by atoms with Crippen LogP contribution in [-0.4, -0.2) is 31.0 Å². The molecule has 0 aliphatic rings. The number of anilines is 1. The highest BCUT2D eigenvalue weighted by molar-refractivity contribution is 9.10. The van der Waals surface area contributed by atoms with Crippen LogP contribution in [0.4, 0.5) is 5.69 Å². The van der Waals surface area contributed by atoms with Crippen LogP contribution in [-0.2, 0) is 4.74 Å². The van der Waals surface area contributed by atoms with Crippen molar-refractivity contribution in [3.63, 3.8) is 0 Å². The summed E-state index contributed by atoms with van der Waals surface area (Å²) in [6.07, 6.45) is 0.563. The number of rotatable bonds is 6. The van der Waals surface area contributed by atoms with Crippen molar-refractivity contribution in [1.29, 1.82) is 5.26 Å². The Hall–Kier alpha value is -1.09. The second-order valence-electron chi connectivity index (χ2n) is 4.40. The summed E-state index contributed by atoms with van der Waals surface area (Å²) in [6, 6.07) is 7.45. The lowest BCUT2D eigenvalue weighted by Crippen LogP contribution is -2.34. The van der Waals surface area contributed by atoms with Gasteiger partial charge in [-0.2, -0.15) is 5.26 Å². The molecule has 18 heavy (non-hydrogen) atoms. The van der Waals surface area contributed by atoms with E-state index in [1.54, 1.807) is 20.1 Å². The molecule has 4 nitrogen and oxygen atoms in total. The molecule has 1 unspecified atom stereocenters. The average Bonchev–Trinajstić information content (AvgIpc) is 2.34. The number of hydrogen-bond acceptors (Lipinski definition) is 4. The van der Waals surface area contributed by atoms with E-state index in [0.717, 1.165) is 10.2 Å². The van der Waals surface area contributed by atoms with Crippen LogP contribution in [0.25, 0.3) is 0 Å². The number of hydrogen-bond donors (Lipinski definition) is 2. The number of benzene rings is 1. The van der Waals surface area contributed by atoms with Crippen LogP contribution in [0.15, 0.2) is 22.7 Å². The summed E-state index contributed by atoms with van der Waals surface area (Å²) in [6.45, 7) is 2.71. The van der Waals surface area contributed by atoms with E-state index in [-0.39, 0.29) is 0 Å². The van der Waals surface area contributed by atoms with Crippen LogP contribution in [0.5, 0.6) is 0 Å². The van der Waals surface area contributed by atoms with Crippen molar-refractivity contribution >= 4 is 21.6 Å². The van der Waals surface area contributed by atoms with Crippen LogP contribution in [0.2, 0.25) is 0 Å². The molecule has 0 heterocycles. The Morgan fingerprint density at radius 3 is 2.83 bits per heavy atom. The third kappa shape index (κ3) is 4.65. The first kappa shape index (κ1) is 15.0. The predicted octanol–water partition coefficient (Wildman–Crippen LogP) is 2.52. The van der Waals surface area contributed by atoms with Crippen molar-refractivity contribution in [2.24, 2.45) is 0 Å². The highest BCUT2D eigenvalue weighted by Gasteiger charge is 2.19. The van der Waals surface area contributed by atoms with E-state index in [9.17, 15) is 5.11 Å². The maximum atomic E-state index is 10.1. The van der Waals surface area contributed by atoms with Gasteiger partial charge in [-0.1, -0.05) is 0 Å². The topological polar surface area (TPSA) is 65.3 Å². The summed E-state index contributed by atoms with van der Waals surface area (Å²) in [5.74, 6) is 0. The zero-order valence-corrected chi connectivity index (χ0v) is 12.1. The Kier molecular flexibility index (Phi) is 5.60. The summed E-state index contributed by atoms with van der Waals surface area (Å²) in [5, 5.41) is 22.0. The molecule has 0 fully saturated rings. The molecule has 0 saturated carbocycles. The van der Waals surface area contributed by atoms with Gasteiger partial charge in [-0.15, -0.1) is 0 Å². The molecular weight excluding hydrogens is 296 g/mol. The molecule has 0 aromatic heterocycles. The highest BCUT2D eigenvalue weighted by Crippen LogP contribution is 2.21. The summed E-state index contributed by atoms with van der Waals surface area (Å²) < 4.78 is 5.69. The van der Waals surface area contributed by atoms with Gasteiger partial charge in [-0.05, 0) is 41.1 Å². The fourth-order valence-corrected chi connectivity index (χ4v) is 1.89. The summed E-state index contributed by atoms with van der Waals surface area (Å²) in [4.78, 5) is 0.